The zero-order valence-electron chi connectivity index (χ0n) is 13.8. The molecule has 1 N–H and O–H groups in total. The van der Waals surface area contributed by atoms with Crippen molar-refractivity contribution in [3.8, 4) is 11.4 Å². The highest BCUT2D eigenvalue weighted by Gasteiger charge is 2.15. The molecule has 0 saturated carbocycles. The van der Waals surface area contributed by atoms with Gasteiger partial charge < -0.3 is 9.88 Å². The van der Waals surface area contributed by atoms with E-state index in [1.165, 1.54) is 11.8 Å². The fourth-order valence-corrected chi connectivity index (χ4v) is 2.86. The van der Waals surface area contributed by atoms with E-state index >= 15 is 0 Å². The Morgan fingerprint density at radius 1 is 1.30 bits per heavy atom. The van der Waals surface area contributed by atoms with E-state index in [9.17, 15) is 4.79 Å². The van der Waals surface area contributed by atoms with Gasteiger partial charge in [0.1, 0.15) is 0 Å². The van der Waals surface area contributed by atoms with Crippen molar-refractivity contribution in [3.05, 3.63) is 24.5 Å². The number of pyridine rings is 1. The molecule has 6 nitrogen and oxygen atoms in total. The first-order chi connectivity index (χ1) is 11.2. The van der Waals surface area contributed by atoms with Gasteiger partial charge in [-0.15, -0.1) is 10.2 Å². The maximum atomic E-state index is 11.9. The number of hydrogen-bond donors (Lipinski definition) is 1. The predicted octanol–water partition coefficient (Wildman–Crippen LogP) is 2.76. The number of carbonyl (C=O) groups is 1. The topological polar surface area (TPSA) is 72.7 Å². The van der Waals surface area contributed by atoms with Crippen molar-refractivity contribution in [2.75, 3.05) is 5.75 Å². The molecule has 0 bridgehead atoms. The minimum atomic E-state index is 0.0286. The van der Waals surface area contributed by atoms with Crippen LogP contribution in [0, 0.1) is 0 Å². The Kier molecular flexibility index (Phi) is 6.58. The van der Waals surface area contributed by atoms with E-state index in [1.54, 1.807) is 12.4 Å². The summed E-state index contributed by atoms with van der Waals surface area (Å²) < 4.78 is 2.07. The number of thioether (sulfide) groups is 1. The molecule has 0 aromatic carbocycles. The highest BCUT2D eigenvalue weighted by atomic mass is 32.2. The van der Waals surface area contributed by atoms with Crippen LogP contribution in [0.4, 0.5) is 0 Å². The molecule has 1 atom stereocenters. The zero-order chi connectivity index (χ0) is 16.7. The number of rotatable bonds is 8. The molecule has 2 heterocycles. The monoisotopic (exact) mass is 333 g/mol. The third kappa shape index (κ3) is 4.79. The van der Waals surface area contributed by atoms with Crippen LogP contribution in [0.5, 0.6) is 0 Å². The highest BCUT2D eigenvalue weighted by Crippen LogP contribution is 2.23. The molecule has 2 aromatic rings. The van der Waals surface area contributed by atoms with E-state index in [2.05, 4.69) is 38.9 Å². The Morgan fingerprint density at radius 2 is 2.04 bits per heavy atom. The van der Waals surface area contributed by atoms with Crippen molar-refractivity contribution in [3.63, 3.8) is 0 Å². The molecule has 1 amide bonds. The summed E-state index contributed by atoms with van der Waals surface area (Å²) in [6.07, 6.45) is 5.39. The molecule has 0 aliphatic carbocycles. The number of hydrogen-bond acceptors (Lipinski definition) is 5. The Labute approximate surface area is 141 Å². The van der Waals surface area contributed by atoms with Gasteiger partial charge in [-0.1, -0.05) is 25.6 Å². The summed E-state index contributed by atoms with van der Waals surface area (Å²) in [7, 11) is 0. The van der Waals surface area contributed by atoms with E-state index < -0.39 is 0 Å². The molecule has 23 heavy (non-hydrogen) atoms. The van der Waals surface area contributed by atoms with Gasteiger partial charge in [0.05, 0.1) is 5.75 Å². The summed E-state index contributed by atoms with van der Waals surface area (Å²) in [5.74, 6) is 1.20. The Balaban J connectivity index is 2.10. The molecule has 0 unspecified atom stereocenters. The molecule has 0 aliphatic heterocycles. The summed E-state index contributed by atoms with van der Waals surface area (Å²) in [4.78, 5) is 16.0. The van der Waals surface area contributed by atoms with Gasteiger partial charge in [0.25, 0.3) is 0 Å². The molecule has 0 saturated heterocycles. The lowest BCUT2D eigenvalue weighted by molar-refractivity contribution is -0.119. The second kappa shape index (κ2) is 8.67. The molecular formula is C16H23N5OS. The van der Waals surface area contributed by atoms with Gasteiger partial charge in [-0.25, -0.2) is 0 Å². The number of aromatic nitrogens is 4. The summed E-state index contributed by atoms with van der Waals surface area (Å²) in [5.41, 5.74) is 0.983. The second-order valence-electron chi connectivity index (χ2n) is 5.36. The van der Waals surface area contributed by atoms with Crippen LogP contribution in [0.15, 0.2) is 29.7 Å². The average Bonchev–Trinajstić information content (AvgIpc) is 2.97. The van der Waals surface area contributed by atoms with Crippen molar-refractivity contribution in [1.29, 1.82) is 0 Å². The van der Waals surface area contributed by atoms with Gasteiger partial charge in [-0.05, 0) is 31.9 Å². The van der Waals surface area contributed by atoms with Gasteiger partial charge in [0, 0.05) is 30.5 Å². The fourth-order valence-electron chi connectivity index (χ4n) is 2.08. The van der Waals surface area contributed by atoms with Crippen LogP contribution in [-0.2, 0) is 11.3 Å². The van der Waals surface area contributed by atoms with Crippen molar-refractivity contribution >= 4 is 17.7 Å². The molecular weight excluding hydrogens is 310 g/mol. The lowest BCUT2D eigenvalue weighted by atomic mass is 10.2. The second-order valence-corrected chi connectivity index (χ2v) is 6.30. The minimum absolute atomic E-state index is 0.0286. The third-order valence-corrected chi connectivity index (χ3v) is 4.42. The summed E-state index contributed by atoms with van der Waals surface area (Å²) in [6.45, 7) is 6.99. The first-order valence-corrected chi connectivity index (χ1v) is 8.90. The van der Waals surface area contributed by atoms with Crippen molar-refractivity contribution < 1.29 is 4.79 Å². The predicted molar refractivity (Wildman–Crippen MR) is 92.2 cm³/mol. The largest absolute Gasteiger partial charge is 0.353 e. The molecule has 7 heteroatoms. The van der Waals surface area contributed by atoms with Crippen molar-refractivity contribution in [2.24, 2.45) is 0 Å². The van der Waals surface area contributed by atoms with Crippen LogP contribution >= 0.6 is 11.8 Å². The van der Waals surface area contributed by atoms with Crippen molar-refractivity contribution in [2.45, 2.75) is 51.4 Å². The van der Waals surface area contributed by atoms with Crippen molar-refractivity contribution in [1.82, 2.24) is 25.1 Å². The molecule has 0 fully saturated rings. The average molecular weight is 333 g/mol. The van der Waals surface area contributed by atoms with Crippen LogP contribution in [0.3, 0.4) is 0 Å². The SMILES string of the molecule is CCCn1c(SCC(=O)N[C@@H](C)CC)nnc1-c1ccncc1. The fraction of sp³-hybridized carbons (Fsp3) is 0.500. The van der Waals surface area contributed by atoms with Gasteiger partial charge in [0.15, 0.2) is 11.0 Å². The normalized spacial score (nSPS) is 12.1. The van der Waals surface area contributed by atoms with Crippen LogP contribution in [0.1, 0.15) is 33.6 Å². The maximum Gasteiger partial charge on any atom is 0.230 e. The van der Waals surface area contributed by atoms with E-state index in [0.717, 1.165) is 35.9 Å². The maximum absolute atomic E-state index is 11.9. The highest BCUT2D eigenvalue weighted by molar-refractivity contribution is 7.99. The number of nitrogens with zero attached hydrogens (tertiary/aromatic N) is 4. The Hall–Kier alpha value is -1.89. The lowest BCUT2D eigenvalue weighted by Gasteiger charge is -2.11. The minimum Gasteiger partial charge on any atom is -0.353 e. The molecule has 0 aliphatic rings. The van der Waals surface area contributed by atoms with E-state index in [0.29, 0.717) is 5.75 Å². The quantitative estimate of drug-likeness (QED) is 0.752. The van der Waals surface area contributed by atoms with Gasteiger partial charge >= 0.3 is 0 Å². The number of carbonyl (C=O) groups excluding carboxylic acids is 1. The number of amides is 1. The smallest absolute Gasteiger partial charge is 0.230 e. The Bertz CT molecular complexity index is 629. The van der Waals surface area contributed by atoms with Gasteiger partial charge in [-0.3, -0.25) is 9.78 Å². The van der Waals surface area contributed by atoms with Crippen LogP contribution in [0.2, 0.25) is 0 Å². The van der Waals surface area contributed by atoms with Crippen LogP contribution in [0.25, 0.3) is 11.4 Å². The molecule has 124 valence electrons. The molecule has 0 spiro atoms. The Morgan fingerprint density at radius 3 is 2.70 bits per heavy atom. The first-order valence-electron chi connectivity index (χ1n) is 7.91. The van der Waals surface area contributed by atoms with E-state index in [-0.39, 0.29) is 11.9 Å². The zero-order valence-corrected chi connectivity index (χ0v) is 14.6. The van der Waals surface area contributed by atoms with Crippen LogP contribution in [-0.4, -0.2) is 37.5 Å². The van der Waals surface area contributed by atoms with Crippen LogP contribution < -0.4 is 5.32 Å². The van der Waals surface area contributed by atoms with E-state index in [1.807, 2.05) is 19.1 Å². The lowest BCUT2D eigenvalue weighted by Crippen LogP contribution is -2.33. The number of nitrogens with one attached hydrogen (secondary N) is 1. The first kappa shape index (κ1) is 17.5. The van der Waals surface area contributed by atoms with Gasteiger partial charge in [0.2, 0.25) is 5.91 Å². The third-order valence-electron chi connectivity index (χ3n) is 3.45. The van der Waals surface area contributed by atoms with E-state index in [4.69, 9.17) is 0 Å². The standard InChI is InChI=1S/C16H23N5OS/c1-4-10-21-15(13-6-8-17-9-7-13)19-20-16(21)23-11-14(22)18-12(3)5-2/h6-9,12H,4-5,10-11H2,1-3H3,(H,18,22)/t12-/m0/s1. The molecule has 2 aromatic heterocycles. The molecule has 0 radical (unpaired) electrons. The summed E-state index contributed by atoms with van der Waals surface area (Å²) in [5, 5.41) is 12.3. The summed E-state index contributed by atoms with van der Waals surface area (Å²) >= 11 is 1.42. The molecule has 2 rings (SSSR count). The van der Waals surface area contributed by atoms with Gasteiger partial charge in [-0.2, -0.15) is 0 Å². The summed E-state index contributed by atoms with van der Waals surface area (Å²) in [6, 6.07) is 4.03.